The van der Waals surface area contributed by atoms with Gasteiger partial charge in [0.25, 0.3) is 5.91 Å². The van der Waals surface area contributed by atoms with Crippen LogP contribution in [-0.2, 0) is 20.9 Å². The number of fused-ring (bicyclic) bond motifs is 1. The molecule has 0 bridgehead atoms. The van der Waals surface area contributed by atoms with Crippen LogP contribution in [0.2, 0.25) is 0 Å². The van der Waals surface area contributed by atoms with E-state index in [0.29, 0.717) is 23.6 Å². The summed E-state index contributed by atoms with van der Waals surface area (Å²) in [6.45, 7) is 0.0570. The van der Waals surface area contributed by atoms with Gasteiger partial charge in [0, 0.05) is 31.3 Å². The molecule has 0 saturated heterocycles. The third-order valence-electron chi connectivity index (χ3n) is 5.13. The van der Waals surface area contributed by atoms with E-state index in [1.54, 1.807) is 45.5 Å². The lowest BCUT2D eigenvalue weighted by molar-refractivity contribution is -0.147. The second-order valence-electron chi connectivity index (χ2n) is 7.35. The number of methoxy groups -OCH3 is 3. The third-order valence-corrected chi connectivity index (χ3v) is 5.13. The van der Waals surface area contributed by atoms with Crippen LogP contribution in [0, 0.1) is 0 Å². The molecule has 3 aromatic carbocycles. The van der Waals surface area contributed by atoms with Crippen molar-refractivity contribution in [1.29, 1.82) is 0 Å². The molecule has 172 valence electrons. The molecule has 0 saturated carbocycles. The average Bonchev–Trinajstić information content (AvgIpc) is 2.85. The number of esters is 1. The fourth-order valence-corrected chi connectivity index (χ4v) is 3.27. The second-order valence-corrected chi connectivity index (χ2v) is 7.35. The number of rotatable bonds is 9. The van der Waals surface area contributed by atoms with E-state index >= 15 is 0 Å². The van der Waals surface area contributed by atoms with Crippen LogP contribution in [0.25, 0.3) is 16.8 Å². The van der Waals surface area contributed by atoms with Crippen molar-refractivity contribution < 1.29 is 28.5 Å². The fourth-order valence-electron chi connectivity index (χ4n) is 3.27. The SMILES string of the molecule is COc1ccc(/C=C/C(=O)OCC(=O)N(C)Cc2ccc3cc(OC)ccc3c2)c(OC)c1. The molecule has 0 aliphatic rings. The van der Waals surface area contributed by atoms with Crippen LogP contribution < -0.4 is 14.2 Å². The molecule has 0 atom stereocenters. The second kappa shape index (κ2) is 11.0. The molecular formula is C26H27NO6. The molecule has 3 aromatic rings. The first-order valence-electron chi connectivity index (χ1n) is 10.3. The van der Waals surface area contributed by atoms with Crippen molar-refractivity contribution in [3.8, 4) is 17.2 Å². The Labute approximate surface area is 193 Å². The van der Waals surface area contributed by atoms with Crippen LogP contribution >= 0.6 is 0 Å². The molecule has 7 heteroatoms. The average molecular weight is 450 g/mol. The molecule has 1 amide bonds. The van der Waals surface area contributed by atoms with Gasteiger partial charge in [-0.1, -0.05) is 18.2 Å². The first kappa shape index (κ1) is 23.7. The lowest BCUT2D eigenvalue weighted by atomic mass is 10.1. The fraction of sp³-hybridized carbons (Fsp3) is 0.231. The molecule has 0 aliphatic heterocycles. The summed E-state index contributed by atoms with van der Waals surface area (Å²) in [5, 5.41) is 2.11. The highest BCUT2D eigenvalue weighted by molar-refractivity contribution is 5.90. The van der Waals surface area contributed by atoms with Crippen LogP contribution in [0.5, 0.6) is 17.2 Å². The molecular weight excluding hydrogens is 422 g/mol. The highest BCUT2D eigenvalue weighted by atomic mass is 16.5. The Balaban J connectivity index is 1.54. The van der Waals surface area contributed by atoms with Crippen molar-refractivity contribution >= 4 is 28.7 Å². The highest BCUT2D eigenvalue weighted by Gasteiger charge is 2.12. The molecule has 0 aromatic heterocycles. The Morgan fingerprint density at radius 3 is 2.24 bits per heavy atom. The van der Waals surface area contributed by atoms with Gasteiger partial charge in [0.1, 0.15) is 17.2 Å². The van der Waals surface area contributed by atoms with E-state index in [9.17, 15) is 9.59 Å². The summed E-state index contributed by atoms with van der Waals surface area (Å²) >= 11 is 0. The Hall–Kier alpha value is -4.00. The van der Waals surface area contributed by atoms with E-state index in [2.05, 4.69) is 0 Å². The van der Waals surface area contributed by atoms with Crippen molar-refractivity contribution in [3.05, 3.63) is 71.8 Å². The predicted octanol–water partition coefficient (Wildman–Crippen LogP) is 4.08. The van der Waals surface area contributed by atoms with Gasteiger partial charge in [-0.2, -0.15) is 0 Å². The van der Waals surface area contributed by atoms with Crippen molar-refractivity contribution in [2.24, 2.45) is 0 Å². The normalized spacial score (nSPS) is 10.8. The summed E-state index contributed by atoms with van der Waals surface area (Å²) in [7, 11) is 6.40. The van der Waals surface area contributed by atoms with Crippen molar-refractivity contribution in [3.63, 3.8) is 0 Å². The predicted molar refractivity (Wildman–Crippen MR) is 127 cm³/mol. The van der Waals surface area contributed by atoms with E-state index in [-0.39, 0.29) is 12.5 Å². The molecule has 7 nitrogen and oxygen atoms in total. The van der Waals surface area contributed by atoms with Crippen molar-refractivity contribution in [2.45, 2.75) is 6.54 Å². The van der Waals surface area contributed by atoms with Gasteiger partial charge in [-0.3, -0.25) is 4.79 Å². The maximum atomic E-state index is 12.4. The van der Waals surface area contributed by atoms with E-state index in [4.69, 9.17) is 18.9 Å². The number of carbonyl (C=O) groups excluding carboxylic acids is 2. The molecule has 0 radical (unpaired) electrons. The standard InChI is InChI=1S/C26H27NO6/c1-27(16-18-5-6-21-14-22(30-2)11-8-20(21)13-18)25(28)17-33-26(29)12-9-19-7-10-23(31-3)15-24(19)32-4/h5-15H,16-17H2,1-4H3/b12-9+. The van der Waals surface area contributed by atoms with Gasteiger partial charge in [0.2, 0.25) is 0 Å². The van der Waals surface area contributed by atoms with Gasteiger partial charge in [0.05, 0.1) is 21.3 Å². The minimum Gasteiger partial charge on any atom is -0.497 e. The number of amides is 1. The molecule has 0 unspecified atom stereocenters. The zero-order valence-electron chi connectivity index (χ0n) is 19.2. The zero-order chi connectivity index (χ0) is 23.8. The van der Waals surface area contributed by atoms with E-state index in [1.807, 2.05) is 36.4 Å². The third kappa shape index (κ3) is 6.26. The first-order chi connectivity index (χ1) is 15.9. The van der Waals surface area contributed by atoms with Gasteiger partial charge in [-0.15, -0.1) is 0 Å². The largest absolute Gasteiger partial charge is 0.497 e. The van der Waals surface area contributed by atoms with Crippen LogP contribution in [0.15, 0.2) is 60.7 Å². The molecule has 0 spiro atoms. The lowest BCUT2D eigenvalue weighted by Gasteiger charge is -2.17. The Bertz CT molecular complexity index is 1170. The molecule has 0 N–H and O–H groups in total. The summed E-state index contributed by atoms with van der Waals surface area (Å²) in [5.41, 5.74) is 1.66. The number of ether oxygens (including phenoxy) is 4. The summed E-state index contributed by atoms with van der Waals surface area (Å²) in [6.07, 6.45) is 2.83. The summed E-state index contributed by atoms with van der Waals surface area (Å²) in [4.78, 5) is 26.0. The molecule has 0 heterocycles. The maximum absolute atomic E-state index is 12.4. The van der Waals surface area contributed by atoms with Gasteiger partial charge in [-0.05, 0) is 52.7 Å². The zero-order valence-corrected chi connectivity index (χ0v) is 19.2. The smallest absolute Gasteiger partial charge is 0.331 e. The van der Waals surface area contributed by atoms with Crippen LogP contribution in [0.3, 0.4) is 0 Å². The number of hydrogen-bond acceptors (Lipinski definition) is 6. The first-order valence-corrected chi connectivity index (χ1v) is 10.3. The van der Waals surface area contributed by atoms with Gasteiger partial charge < -0.3 is 23.8 Å². The minimum absolute atomic E-state index is 0.298. The number of carbonyl (C=O) groups is 2. The number of nitrogens with zero attached hydrogens (tertiary/aromatic N) is 1. The number of likely N-dealkylation sites (N-methyl/N-ethyl adjacent to an activating group) is 1. The molecule has 3 rings (SSSR count). The van der Waals surface area contributed by atoms with E-state index in [1.165, 1.54) is 18.1 Å². The number of benzene rings is 3. The Morgan fingerprint density at radius 2 is 1.52 bits per heavy atom. The Kier molecular flexibility index (Phi) is 7.91. The Morgan fingerprint density at radius 1 is 0.848 bits per heavy atom. The highest BCUT2D eigenvalue weighted by Crippen LogP contribution is 2.25. The topological polar surface area (TPSA) is 74.3 Å². The van der Waals surface area contributed by atoms with E-state index in [0.717, 1.165) is 22.1 Å². The summed E-state index contributed by atoms with van der Waals surface area (Å²) in [5.74, 6) is 1.08. The lowest BCUT2D eigenvalue weighted by Crippen LogP contribution is -2.30. The maximum Gasteiger partial charge on any atom is 0.331 e. The molecule has 0 fully saturated rings. The van der Waals surface area contributed by atoms with Gasteiger partial charge in [0.15, 0.2) is 6.61 Å². The summed E-state index contributed by atoms with van der Waals surface area (Å²) < 4.78 is 20.8. The van der Waals surface area contributed by atoms with Gasteiger partial charge >= 0.3 is 5.97 Å². The molecule has 0 aliphatic carbocycles. The quantitative estimate of drug-likeness (QED) is 0.362. The van der Waals surface area contributed by atoms with Crippen LogP contribution in [0.1, 0.15) is 11.1 Å². The van der Waals surface area contributed by atoms with Crippen molar-refractivity contribution in [1.82, 2.24) is 4.90 Å². The minimum atomic E-state index is -0.616. The van der Waals surface area contributed by atoms with Crippen molar-refractivity contribution in [2.75, 3.05) is 35.0 Å². The number of hydrogen-bond donors (Lipinski definition) is 0. The molecule has 33 heavy (non-hydrogen) atoms. The summed E-state index contributed by atoms with van der Waals surface area (Å²) in [6, 6.07) is 17.0. The van der Waals surface area contributed by atoms with Gasteiger partial charge in [-0.25, -0.2) is 4.79 Å². The van der Waals surface area contributed by atoms with E-state index < -0.39 is 5.97 Å². The van der Waals surface area contributed by atoms with Crippen LogP contribution in [-0.4, -0.2) is 51.8 Å². The monoisotopic (exact) mass is 449 g/mol. The van der Waals surface area contributed by atoms with Crippen LogP contribution in [0.4, 0.5) is 0 Å².